The van der Waals surface area contributed by atoms with E-state index >= 15 is 0 Å². The number of nitrogens with zero attached hydrogens (tertiary/aromatic N) is 3. The zero-order chi connectivity index (χ0) is 18.2. The molecule has 1 amide bonds. The van der Waals surface area contributed by atoms with Crippen LogP contribution in [0.5, 0.6) is 0 Å². The first-order valence-electron chi connectivity index (χ1n) is 8.30. The highest BCUT2D eigenvalue weighted by Crippen LogP contribution is 2.48. The number of halogens is 2. The van der Waals surface area contributed by atoms with Gasteiger partial charge >= 0.3 is 0 Å². The standard InChI is InChI=1S/C18H19F2N3O2/c1-17(5-6-17)14-10-22-7-4-13(14)15(24)2-3-16(25)23-11-18(19,20)8-12(23)9-21/h4,7,10,12H,2-3,5-6,8,11H2,1H3/t12-/m0/s1. The highest BCUT2D eigenvalue weighted by Gasteiger charge is 2.47. The lowest BCUT2D eigenvalue weighted by Crippen LogP contribution is -2.36. The predicted octanol–water partition coefficient (Wildman–Crippen LogP) is 2.86. The van der Waals surface area contributed by atoms with Gasteiger partial charge in [-0.05, 0) is 29.9 Å². The number of carbonyl (C=O) groups excluding carboxylic acids is 2. The number of likely N-dealkylation sites (tertiary alicyclic amines) is 1. The number of Topliss-reactive ketones (excluding diaryl/α,β-unsaturated/α-hetero) is 1. The summed E-state index contributed by atoms with van der Waals surface area (Å²) in [5.74, 6) is -3.82. The molecule has 0 unspecified atom stereocenters. The van der Waals surface area contributed by atoms with Crippen molar-refractivity contribution in [3.05, 3.63) is 29.6 Å². The van der Waals surface area contributed by atoms with E-state index in [-0.39, 0.29) is 24.0 Å². The van der Waals surface area contributed by atoms with Gasteiger partial charge in [0, 0.05) is 37.2 Å². The summed E-state index contributed by atoms with van der Waals surface area (Å²) in [5.41, 5.74) is 1.40. The first-order chi connectivity index (χ1) is 11.8. The number of alkyl halides is 2. The third kappa shape index (κ3) is 3.53. The minimum Gasteiger partial charge on any atom is -0.320 e. The fraction of sp³-hybridized carbons (Fsp3) is 0.556. The van der Waals surface area contributed by atoms with E-state index in [4.69, 9.17) is 5.26 Å². The summed E-state index contributed by atoms with van der Waals surface area (Å²) in [6.07, 6.45) is 4.33. The number of ketones is 1. The monoisotopic (exact) mass is 347 g/mol. The number of hydrogen-bond acceptors (Lipinski definition) is 4. The number of nitriles is 1. The van der Waals surface area contributed by atoms with Gasteiger partial charge in [-0.1, -0.05) is 6.92 Å². The van der Waals surface area contributed by atoms with Crippen molar-refractivity contribution >= 4 is 11.7 Å². The Balaban J connectivity index is 1.66. The Morgan fingerprint density at radius 2 is 2.12 bits per heavy atom. The van der Waals surface area contributed by atoms with Crippen molar-refractivity contribution in [1.29, 1.82) is 5.26 Å². The van der Waals surface area contributed by atoms with Crippen molar-refractivity contribution in [3.63, 3.8) is 0 Å². The second-order valence-corrected chi connectivity index (χ2v) is 7.13. The van der Waals surface area contributed by atoms with Crippen LogP contribution in [0.4, 0.5) is 8.78 Å². The maximum absolute atomic E-state index is 13.4. The summed E-state index contributed by atoms with van der Waals surface area (Å²) >= 11 is 0. The lowest BCUT2D eigenvalue weighted by atomic mass is 9.92. The molecule has 0 bridgehead atoms. The van der Waals surface area contributed by atoms with Gasteiger partial charge in [0.15, 0.2) is 5.78 Å². The summed E-state index contributed by atoms with van der Waals surface area (Å²) in [4.78, 5) is 29.7. The Hall–Kier alpha value is -2.36. The van der Waals surface area contributed by atoms with E-state index in [1.165, 1.54) is 6.20 Å². The molecule has 1 saturated carbocycles. The van der Waals surface area contributed by atoms with E-state index in [9.17, 15) is 18.4 Å². The Bertz CT molecular complexity index is 753. The molecule has 132 valence electrons. The van der Waals surface area contributed by atoms with Gasteiger partial charge in [0.05, 0.1) is 12.6 Å². The van der Waals surface area contributed by atoms with Gasteiger partial charge in [-0.15, -0.1) is 0 Å². The number of carbonyl (C=O) groups is 2. The summed E-state index contributed by atoms with van der Waals surface area (Å²) in [7, 11) is 0. The molecule has 2 heterocycles. The largest absolute Gasteiger partial charge is 0.320 e. The molecule has 0 N–H and O–H groups in total. The summed E-state index contributed by atoms with van der Waals surface area (Å²) in [6.45, 7) is 1.31. The molecule has 1 saturated heterocycles. The minimum atomic E-state index is -3.04. The average Bonchev–Trinajstić information content (AvgIpc) is 3.25. The number of amides is 1. The van der Waals surface area contributed by atoms with E-state index < -0.39 is 30.8 Å². The number of rotatable bonds is 5. The maximum Gasteiger partial charge on any atom is 0.268 e. The molecule has 2 fully saturated rings. The zero-order valence-corrected chi connectivity index (χ0v) is 14.0. The molecule has 7 heteroatoms. The van der Waals surface area contributed by atoms with Crippen LogP contribution in [0.3, 0.4) is 0 Å². The van der Waals surface area contributed by atoms with Crippen LogP contribution in [0.2, 0.25) is 0 Å². The van der Waals surface area contributed by atoms with Crippen LogP contribution >= 0.6 is 0 Å². The van der Waals surface area contributed by atoms with Crippen LogP contribution in [0.15, 0.2) is 18.5 Å². The number of aromatic nitrogens is 1. The molecule has 1 aromatic heterocycles. The van der Waals surface area contributed by atoms with Gasteiger partial charge < -0.3 is 4.90 Å². The van der Waals surface area contributed by atoms with Gasteiger partial charge in [0.25, 0.3) is 5.92 Å². The Labute approximate surface area is 144 Å². The fourth-order valence-electron chi connectivity index (χ4n) is 3.27. The molecule has 1 aromatic rings. The summed E-state index contributed by atoms with van der Waals surface area (Å²) in [6, 6.07) is 2.26. The zero-order valence-electron chi connectivity index (χ0n) is 14.0. The maximum atomic E-state index is 13.4. The van der Waals surface area contributed by atoms with E-state index in [0.717, 1.165) is 23.3 Å². The van der Waals surface area contributed by atoms with Crippen molar-refractivity contribution in [3.8, 4) is 6.07 Å². The van der Waals surface area contributed by atoms with Crippen molar-refractivity contribution < 1.29 is 18.4 Å². The Morgan fingerprint density at radius 3 is 2.76 bits per heavy atom. The highest BCUT2D eigenvalue weighted by molar-refractivity contribution is 5.99. The average molecular weight is 347 g/mol. The topological polar surface area (TPSA) is 74.1 Å². The van der Waals surface area contributed by atoms with Crippen LogP contribution < -0.4 is 0 Å². The van der Waals surface area contributed by atoms with Crippen molar-refractivity contribution in [2.45, 2.75) is 56.4 Å². The summed E-state index contributed by atoms with van der Waals surface area (Å²) < 4.78 is 26.9. The predicted molar refractivity (Wildman–Crippen MR) is 85.1 cm³/mol. The van der Waals surface area contributed by atoms with Crippen LogP contribution in [0, 0.1) is 11.3 Å². The van der Waals surface area contributed by atoms with Crippen molar-refractivity contribution in [1.82, 2.24) is 9.88 Å². The smallest absolute Gasteiger partial charge is 0.268 e. The van der Waals surface area contributed by atoms with Gasteiger partial charge in [-0.25, -0.2) is 8.78 Å². The van der Waals surface area contributed by atoms with Crippen LogP contribution in [0.25, 0.3) is 0 Å². The lowest BCUT2D eigenvalue weighted by molar-refractivity contribution is -0.132. The van der Waals surface area contributed by atoms with E-state index in [1.807, 2.05) is 0 Å². The SMILES string of the molecule is CC1(c2cnccc2C(=O)CCC(=O)N2CC(F)(F)C[C@H]2C#N)CC1. The Kier molecular flexibility index (Phi) is 4.31. The molecular formula is C18H19F2N3O2. The molecular weight excluding hydrogens is 328 g/mol. The molecule has 0 aromatic carbocycles. The van der Waals surface area contributed by atoms with Gasteiger partial charge in [-0.3, -0.25) is 14.6 Å². The fourth-order valence-corrected chi connectivity index (χ4v) is 3.27. The molecule has 5 nitrogen and oxygen atoms in total. The molecule has 3 rings (SSSR count). The molecule has 2 aliphatic rings. The van der Waals surface area contributed by atoms with Crippen molar-refractivity contribution in [2.24, 2.45) is 0 Å². The summed E-state index contributed by atoms with van der Waals surface area (Å²) in [5, 5.41) is 8.95. The molecule has 0 spiro atoms. The quantitative estimate of drug-likeness (QED) is 0.768. The third-order valence-electron chi connectivity index (χ3n) is 5.08. The minimum absolute atomic E-state index is 0.0355. The lowest BCUT2D eigenvalue weighted by Gasteiger charge is -2.19. The van der Waals surface area contributed by atoms with Crippen molar-refractivity contribution in [2.75, 3.05) is 6.54 Å². The van der Waals surface area contributed by atoms with E-state index in [0.29, 0.717) is 5.56 Å². The van der Waals surface area contributed by atoms with Crippen LogP contribution in [-0.4, -0.2) is 40.1 Å². The van der Waals surface area contributed by atoms with E-state index in [1.54, 1.807) is 18.3 Å². The molecule has 25 heavy (non-hydrogen) atoms. The van der Waals surface area contributed by atoms with Crippen LogP contribution in [-0.2, 0) is 10.2 Å². The van der Waals surface area contributed by atoms with Crippen LogP contribution in [0.1, 0.15) is 54.9 Å². The molecule has 0 radical (unpaired) electrons. The van der Waals surface area contributed by atoms with Gasteiger partial charge in [-0.2, -0.15) is 5.26 Å². The highest BCUT2D eigenvalue weighted by atomic mass is 19.3. The molecule has 1 aliphatic carbocycles. The van der Waals surface area contributed by atoms with E-state index in [2.05, 4.69) is 11.9 Å². The first-order valence-corrected chi connectivity index (χ1v) is 8.30. The van der Waals surface area contributed by atoms with Gasteiger partial charge in [0.2, 0.25) is 5.91 Å². The molecule has 1 atom stereocenters. The third-order valence-corrected chi connectivity index (χ3v) is 5.08. The first kappa shape index (κ1) is 17.5. The second-order valence-electron chi connectivity index (χ2n) is 7.13. The Morgan fingerprint density at radius 1 is 1.40 bits per heavy atom. The number of hydrogen-bond donors (Lipinski definition) is 0. The second kappa shape index (κ2) is 6.17. The normalized spacial score (nSPS) is 23.1. The number of pyridine rings is 1. The molecule has 1 aliphatic heterocycles. The van der Waals surface area contributed by atoms with Gasteiger partial charge in [0.1, 0.15) is 6.04 Å².